The quantitative estimate of drug-likeness (QED) is 0.500. The topological polar surface area (TPSA) is 86.0 Å². The molecule has 6 heteroatoms. The van der Waals surface area contributed by atoms with Crippen LogP contribution in [0.25, 0.3) is 11.3 Å². The van der Waals surface area contributed by atoms with Gasteiger partial charge in [-0.1, -0.05) is 30.3 Å². The third kappa shape index (κ3) is 4.87. The van der Waals surface area contributed by atoms with Crippen LogP contribution in [0.15, 0.2) is 53.9 Å². The molecule has 0 unspecified atom stereocenters. The fourth-order valence-corrected chi connectivity index (χ4v) is 4.87. The minimum Gasteiger partial charge on any atom is -0.481 e. The SMILES string of the molecule is N#Cc1cccc(Nc2nc(-c3ccc(C4CCC(CC(=O)O)CC4)cc3)cs2)c1. The predicted octanol–water partition coefficient (Wildman–Crippen LogP) is 6.17. The molecular weight excluding hydrogens is 394 g/mol. The van der Waals surface area contributed by atoms with E-state index in [0.717, 1.165) is 47.8 Å². The van der Waals surface area contributed by atoms with Crippen molar-refractivity contribution in [3.8, 4) is 17.3 Å². The van der Waals surface area contributed by atoms with Crippen molar-refractivity contribution in [3.63, 3.8) is 0 Å². The van der Waals surface area contributed by atoms with Crippen LogP contribution >= 0.6 is 11.3 Å². The lowest BCUT2D eigenvalue weighted by atomic mass is 9.77. The van der Waals surface area contributed by atoms with Crippen molar-refractivity contribution < 1.29 is 9.90 Å². The average Bonchev–Trinajstić information content (AvgIpc) is 3.22. The Bertz CT molecular complexity index is 1060. The predicted molar refractivity (Wildman–Crippen MR) is 119 cm³/mol. The zero-order valence-corrected chi connectivity index (χ0v) is 17.4. The van der Waals surface area contributed by atoms with E-state index < -0.39 is 5.97 Å². The Balaban J connectivity index is 1.39. The molecule has 0 bridgehead atoms. The van der Waals surface area contributed by atoms with Gasteiger partial charge in [0.1, 0.15) is 0 Å². The van der Waals surface area contributed by atoms with Crippen LogP contribution in [0.4, 0.5) is 10.8 Å². The van der Waals surface area contributed by atoms with Gasteiger partial charge >= 0.3 is 5.97 Å². The zero-order chi connectivity index (χ0) is 20.9. The van der Waals surface area contributed by atoms with Gasteiger partial charge in [-0.05, 0) is 61.3 Å². The molecule has 1 saturated carbocycles. The molecule has 2 aromatic carbocycles. The van der Waals surface area contributed by atoms with E-state index in [4.69, 9.17) is 10.4 Å². The van der Waals surface area contributed by atoms with Crippen molar-refractivity contribution in [1.29, 1.82) is 5.26 Å². The largest absolute Gasteiger partial charge is 0.481 e. The fourth-order valence-electron chi connectivity index (χ4n) is 4.13. The molecule has 0 aliphatic heterocycles. The maximum absolute atomic E-state index is 10.9. The number of hydrogen-bond acceptors (Lipinski definition) is 5. The number of nitrogens with zero attached hydrogens (tertiary/aromatic N) is 2. The first-order valence-corrected chi connectivity index (χ1v) is 11.0. The summed E-state index contributed by atoms with van der Waals surface area (Å²) in [6.45, 7) is 0. The number of rotatable bonds is 6. The van der Waals surface area contributed by atoms with Gasteiger partial charge in [0.05, 0.1) is 17.3 Å². The van der Waals surface area contributed by atoms with Crippen LogP contribution in [0, 0.1) is 17.2 Å². The van der Waals surface area contributed by atoms with Crippen LogP contribution in [-0.2, 0) is 4.79 Å². The highest BCUT2D eigenvalue weighted by Gasteiger charge is 2.24. The summed E-state index contributed by atoms with van der Waals surface area (Å²) >= 11 is 1.54. The maximum atomic E-state index is 10.9. The van der Waals surface area contributed by atoms with Gasteiger partial charge in [0.2, 0.25) is 0 Å². The minimum atomic E-state index is -0.683. The van der Waals surface area contributed by atoms with Gasteiger partial charge in [-0.2, -0.15) is 5.26 Å². The van der Waals surface area contributed by atoms with Gasteiger partial charge in [0, 0.05) is 23.1 Å². The average molecular weight is 418 g/mol. The monoisotopic (exact) mass is 417 g/mol. The Morgan fingerprint density at radius 2 is 1.93 bits per heavy atom. The number of anilines is 2. The maximum Gasteiger partial charge on any atom is 0.303 e. The highest BCUT2D eigenvalue weighted by molar-refractivity contribution is 7.14. The second-order valence-electron chi connectivity index (χ2n) is 7.79. The zero-order valence-electron chi connectivity index (χ0n) is 16.5. The first kappa shape index (κ1) is 20.1. The molecule has 0 saturated heterocycles. The molecular formula is C24H23N3O2S. The third-order valence-electron chi connectivity index (χ3n) is 5.74. The number of nitrogens with one attached hydrogen (secondary N) is 1. The highest BCUT2D eigenvalue weighted by atomic mass is 32.1. The van der Waals surface area contributed by atoms with E-state index in [2.05, 4.69) is 40.6 Å². The minimum absolute atomic E-state index is 0.298. The van der Waals surface area contributed by atoms with Crippen molar-refractivity contribution in [2.75, 3.05) is 5.32 Å². The second kappa shape index (κ2) is 9.10. The molecule has 30 heavy (non-hydrogen) atoms. The Morgan fingerprint density at radius 1 is 1.17 bits per heavy atom. The van der Waals surface area contributed by atoms with Gasteiger partial charge in [0.15, 0.2) is 5.13 Å². The summed E-state index contributed by atoms with van der Waals surface area (Å²) in [4.78, 5) is 15.6. The van der Waals surface area contributed by atoms with Gasteiger partial charge in [0.25, 0.3) is 0 Å². The second-order valence-corrected chi connectivity index (χ2v) is 8.65. The number of benzene rings is 2. The first-order valence-electron chi connectivity index (χ1n) is 10.2. The molecule has 5 nitrogen and oxygen atoms in total. The molecule has 1 fully saturated rings. The van der Waals surface area contributed by atoms with Crippen molar-refractivity contribution in [3.05, 3.63) is 65.0 Å². The first-order chi connectivity index (χ1) is 14.6. The van der Waals surface area contributed by atoms with Crippen LogP contribution in [0.3, 0.4) is 0 Å². The van der Waals surface area contributed by atoms with E-state index in [0.29, 0.717) is 23.8 Å². The van der Waals surface area contributed by atoms with E-state index in [1.54, 1.807) is 12.1 Å². The van der Waals surface area contributed by atoms with Crippen molar-refractivity contribution in [2.24, 2.45) is 5.92 Å². The Morgan fingerprint density at radius 3 is 2.63 bits per heavy atom. The lowest BCUT2D eigenvalue weighted by molar-refractivity contribution is -0.138. The van der Waals surface area contributed by atoms with Crippen LogP contribution in [0.1, 0.15) is 49.1 Å². The summed E-state index contributed by atoms with van der Waals surface area (Å²) in [5.41, 5.74) is 4.80. The molecule has 4 rings (SSSR count). The third-order valence-corrected chi connectivity index (χ3v) is 6.49. The van der Waals surface area contributed by atoms with E-state index in [9.17, 15) is 4.79 Å². The normalized spacial score (nSPS) is 18.5. The number of aromatic nitrogens is 1. The van der Waals surface area contributed by atoms with Crippen LogP contribution < -0.4 is 5.32 Å². The van der Waals surface area contributed by atoms with Crippen LogP contribution in [-0.4, -0.2) is 16.1 Å². The van der Waals surface area contributed by atoms with Gasteiger partial charge in [-0.3, -0.25) is 4.79 Å². The smallest absolute Gasteiger partial charge is 0.303 e. The standard InChI is InChI=1S/C24H23N3O2S/c25-14-17-2-1-3-21(12-17)26-24-27-22(15-30-24)20-10-8-19(9-11-20)18-6-4-16(5-7-18)13-23(28)29/h1-3,8-12,15-16,18H,4-7,13H2,(H,26,27)(H,28,29). The number of carbonyl (C=O) groups is 1. The lowest BCUT2D eigenvalue weighted by Crippen LogP contribution is -2.16. The summed E-state index contributed by atoms with van der Waals surface area (Å²) in [5, 5.41) is 24.1. The Labute approximate surface area is 180 Å². The molecule has 1 heterocycles. The van der Waals surface area contributed by atoms with E-state index in [1.165, 1.54) is 16.9 Å². The molecule has 1 aromatic heterocycles. The number of thiazole rings is 1. The van der Waals surface area contributed by atoms with Gasteiger partial charge < -0.3 is 10.4 Å². The van der Waals surface area contributed by atoms with Crippen molar-refractivity contribution >= 4 is 28.1 Å². The number of carboxylic acid groups (broad SMARTS) is 1. The molecule has 2 N–H and O–H groups in total. The van der Waals surface area contributed by atoms with Crippen LogP contribution in [0.5, 0.6) is 0 Å². The molecule has 0 amide bonds. The number of hydrogen-bond donors (Lipinski definition) is 2. The molecule has 3 aromatic rings. The van der Waals surface area contributed by atoms with Gasteiger partial charge in [-0.25, -0.2) is 4.98 Å². The molecule has 0 atom stereocenters. The van der Waals surface area contributed by atoms with Gasteiger partial charge in [-0.15, -0.1) is 11.3 Å². The molecule has 1 aliphatic rings. The summed E-state index contributed by atoms with van der Waals surface area (Å²) < 4.78 is 0. The molecule has 152 valence electrons. The van der Waals surface area contributed by atoms with E-state index in [1.807, 2.05) is 17.5 Å². The highest BCUT2D eigenvalue weighted by Crippen LogP contribution is 2.37. The van der Waals surface area contributed by atoms with Crippen LogP contribution in [0.2, 0.25) is 0 Å². The number of aliphatic carboxylic acids is 1. The van der Waals surface area contributed by atoms with Crippen molar-refractivity contribution in [2.45, 2.75) is 38.0 Å². The molecule has 0 radical (unpaired) electrons. The lowest BCUT2D eigenvalue weighted by Gasteiger charge is -2.28. The Kier molecular flexibility index (Phi) is 6.10. The summed E-state index contributed by atoms with van der Waals surface area (Å²) in [6, 6.07) is 18.1. The number of nitriles is 1. The summed E-state index contributed by atoms with van der Waals surface area (Å²) in [7, 11) is 0. The number of carboxylic acids is 1. The Hall–Kier alpha value is -3.17. The molecule has 0 spiro atoms. The summed E-state index contributed by atoms with van der Waals surface area (Å²) in [6.07, 6.45) is 4.40. The van der Waals surface area contributed by atoms with E-state index in [-0.39, 0.29) is 0 Å². The molecule has 1 aliphatic carbocycles. The van der Waals surface area contributed by atoms with Crippen molar-refractivity contribution in [1.82, 2.24) is 4.98 Å². The fraction of sp³-hybridized carbons (Fsp3) is 0.292. The van der Waals surface area contributed by atoms with E-state index >= 15 is 0 Å². The summed E-state index contributed by atoms with van der Waals surface area (Å²) in [5.74, 6) is 0.162.